The van der Waals surface area contributed by atoms with E-state index in [1.165, 1.54) is 12.1 Å². The molecule has 2 N–H and O–H groups in total. The Hall–Kier alpha value is -2.36. The lowest BCUT2D eigenvalue weighted by atomic mass is 10.1. The first kappa shape index (κ1) is 11.7. The van der Waals surface area contributed by atoms with Gasteiger partial charge in [-0.3, -0.25) is 4.79 Å². The lowest BCUT2D eigenvalue weighted by Crippen LogP contribution is -2.32. The molecule has 1 amide bonds. The minimum Gasteiger partial charge on any atom is -0.373 e. The summed E-state index contributed by atoms with van der Waals surface area (Å²) in [5, 5.41) is 5.88. The largest absolute Gasteiger partial charge is 0.373 e. The fourth-order valence-corrected chi connectivity index (χ4v) is 2.25. The highest BCUT2D eigenvalue weighted by Crippen LogP contribution is 2.25. The summed E-state index contributed by atoms with van der Waals surface area (Å²) in [6, 6.07) is 13.4. The molecule has 1 atom stereocenters. The Morgan fingerprint density at radius 2 is 2.05 bits per heavy atom. The number of carbonyl (C=O) groups is 1. The van der Waals surface area contributed by atoms with Gasteiger partial charge in [0.1, 0.15) is 11.9 Å². The van der Waals surface area contributed by atoms with Crippen molar-refractivity contribution in [3.05, 3.63) is 59.9 Å². The zero-order valence-electron chi connectivity index (χ0n) is 10.2. The van der Waals surface area contributed by atoms with Gasteiger partial charge >= 0.3 is 0 Å². The molecule has 2 aromatic rings. The van der Waals surface area contributed by atoms with Crippen LogP contribution in [0.4, 0.5) is 15.8 Å². The Balaban J connectivity index is 1.70. The summed E-state index contributed by atoms with van der Waals surface area (Å²) >= 11 is 0. The van der Waals surface area contributed by atoms with E-state index in [-0.39, 0.29) is 17.8 Å². The molecule has 3 rings (SSSR count). The summed E-state index contributed by atoms with van der Waals surface area (Å²) in [4.78, 5) is 12.1. The van der Waals surface area contributed by atoms with Crippen molar-refractivity contribution >= 4 is 17.3 Å². The first-order chi connectivity index (χ1) is 9.22. The molecular weight excluding hydrogens is 243 g/mol. The van der Waals surface area contributed by atoms with Crippen LogP contribution in [0, 0.1) is 5.82 Å². The Morgan fingerprint density at radius 3 is 2.84 bits per heavy atom. The number of anilines is 2. The lowest BCUT2D eigenvalue weighted by Gasteiger charge is -2.11. The molecule has 1 aliphatic heterocycles. The van der Waals surface area contributed by atoms with Crippen molar-refractivity contribution in [3.63, 3.8) is 0 Å². The van der Waals surface area contributed by atoms with Crippen molar-refractivity contribution in [3.8, 4) is 0 Å². The molecular formula is C15H13FN2O. The summed E-state index contributed by atoms with van der Waals surface area (Å²) in [6.07, 6.45) is 0.650. The van der Waals surface area contributed by atoms with Crippen LogP contribution in [-0.2, 0) is 11.2 Å². The number of hydrogen-bond donors (Lipinski definition) is 2. The summed E-state index contributed by atoms with van der Waals surface area (Å²) in [7, 11) is 0. The third-order valence-electron chi connectivity index (χ3n) is 3.18. The van der Waals surface area contributed by atoms with Crippen molar-refractivity contribution in [1.82, 2.24) is 0 Å². The van der Waals surface area contributed by atoms with Gasteiger partial charge in [0, 0.05) is 17.8 Å². The van der Waals surface area contributed by atoms with Gasteiger partial charge in [-0.25, -0.2) is 4.39 Å². The molecule has 0 spiro atoms. The van der Waals surface area contributed by atoms with E-state index in [0.717, 1.165) is 11.3 Å². The molecule has 4 heteroatoms. The van der Waals surface area contributed by atoms with Crippen LogP contribution in [0.5, 0.6) is 0 Å². The zero-order chi connectivity index (χ0) is 13.2. The lowest BCUT2D eigenvalue weighted by molar-refractivity contribution is -0.116. The van der Waals surface area contributed by atoms with Gasteiger partial charge in [-0.1, -0.05) is 24.3 Å². The number of rotatable bonds is 2. The molecule has 3 nitrogen and oxygen atoms in total. The second-order valence-corrected chi connectivity index (χ2v) is 4.56. The maximum absolute atomic E-state index is 13.0. The molecule has 1 aliphatic rings. The van der Waals surface area contributed by atoms with Gasteiger partial charge in [0.25, 0.3) is 0 Å². The molecule has 0 saturated carbocycles. The number of para-hydroxylation sites is 1. The predicted octanol–water partition coefficient (Wildman–Crippen LogP) is 2.80. The van der Waals surface area contributed by atoms with Gasteiger partial charge in [0.2, 0.25) is 5.91 Å². The first-order valence-electron chi connectivity index (χ1n) is 6.13. The minimum absolute atomic E-state index is 0.151. The molecule has 1 unspecified atom stereocenters. The third-order valence-corrected chi connectivity index (χ3v) is 3.18. The van der Waals surface area contributed by atoms with Crippen molar-refractivity contribution < 1.29 is 9.18 Å². The Labute approximate surface area is 110 Å². The van der Waals surface area contributed by atoms with Crippen LogP contribution in [0.3, 0.4) is 0 Å². The van der Waals surface area contributed by atoms with Gasteiger partial charge in [-0.2, -0.15) is 0 Å². The SMILES string of the molecule is O=C(Nc1cccc(F)c1)C1Cc2ccccc2N1. The van der Waals surface area contributed by atoms with Crippen LogP contribution in [0.15, 0.2) is 48.5 Å². The average Bonchev–Trinajstić information content (AvgIpc) is 2.82. The number of hydrogen-bond acceptors (Lipinski definition) is 2. The van der Waals surface area contributed by atoms with Crippen LogP contribution in [0.1, 0.15) is 5.56 Å². The number of fused-ring (bicyclic) bond motifs is 1. The van der Waals surface area contributed by atoms with E-state index in [2.05, 4.69) is 10.6 Å². The summed E-state index contributed by atoms with van der Waals surface area (Å²) < 4.78 is 13.0. The molecule has 0 aliphatic carbocycles. The van der Waals surface area contributed by atoms with E-state index in [1.54, 1.807) is 12.1 Å². The second-order valence-electron chi connectivity index (χ2n) is 4.56. The van der Waals surface area contributed by atoms with Crippen molar-refractivity contribution in [2.75, 3.05) is 10.6 Å². The average molecular weight is 256 g/mol. The summed E-state index contributed by atoms with van der Waals surface area (Å²) in [5.41, 5.74) is 2.59. The number of carbonyl (C=O) groups excluding carboxylic acids is 1. The van der Waals surface area contributed by atoms with Crippen molar-refractivity contribution in [2.24, 2.45) is 0 Å². The van der Waals surface area contributed by atoms with E-state index >= 15 is 0 Å². The molecule has 0 bridgehead atoms. The van der Waals surface area contributed by atoms with Gasteiger partial charge in [0.15, 0.2) is 0 Å². The Bertz CT molecular complexity index is 602. The topological polar surface area (TPSA) is 41.1 Å². The number of nitrogens with one attached hydrogen (secondary N) is 2. The van der Waals surface area contributed by atoms with Crippen LogP contribution >= 0.6 is 0 Å². The molecule has 96 valence electrons. The standard InChI is InChI=1S/C15H13FN2O/c16-11-5-3-6-12(9-11)17-15(19)14-8-10-4-1-2-7-13(10)18-14/h1-7,9,14,18H,8H2,(H,17,19). The van der Waals surface area contributed by atoms with Gasteiger partial charge in [-0.05, 0) is 29.8 Å². The Morgan fingerprint density at radius 1 is 1.21 bits per heavy atom. The highest BCUT2D eigenvalue weighted by Gasteiger charge is 2.26. The smallest absolute Gasteiger partial charge is 0.247 e. The Kier molecular flexibility index (Phi) is 2.91. The quantitative estimate of drug-likeness (QED) is 0.867. The van der Waals surface area contributed by atoms with Crippen LogP contribution in [0.2, 0.25) is 0 Å². The summed E-state index contributed by atoms with van der Waals surface area (Å²) in [5.74, 6) is -0.512. The highest BCUT2D eigenvalue weighted by molar-refractivity contribution is 5.98. The first-order valence-corrected chi connectivity index (χ1v) is 6.13. The van der Waals surface area contributed by atoms with Crippen LogP contribution in [0.25, 0.3) is 0 Å². The highest BCUT2D eigenvalue weighted by atomic mass is 19.1. The monoisotopic (exact) mass is 256 g/mol. The second kappa shape index (κ2) is 4.72. The van der Waals surface area contributed by atoms with Gasteiger partial charge in [0.05, 0.1) is 0 Å². The molecule has 2 aromatic carbocycles. The molecule has 1 heterocycles. The van der Waals surface area contributed by atoms with Crippen molar-refractivity contribution in [2.45, 2.75) is 12.5 Å². The maximum atomic E-state index is 13.0. The normalized spacial score (nSPS) is 16.6. The number of amides is 1. The van der Waals surface area contributed by atoms with E-state index in [9.17, 15) is 9.18 Å². The molecule has 0 saturated heterocycles. The van der Waals surface area contributed by atoms with E-state index < -0.39 is 0 Å². The molecule has 0 radical (unpaired) electrons. The third kappa shape index (κ3) is 2.42. The fraction of sp³-hybridized carbons (Fsp3) is 0.133. The number of halogens is 1. The maximum Gasteiger partial charge on any atom is 0.247 e. The van der Waals surface area contributed by atoms with Gasteiger partial charge < -0.3 is 10.6 Å². The number of benzene rings is 2. The fourth-order valence-electron chi connectivity index (χ4n) is 2.25. The van der Waals surface area contributed by atoms with Crippen LogP contribution in [-0.4, -0.2) is 11.9 Å². The van der Waals surface area contributed by atoms with Gasteiger partial charge in [-0.15, -0.1) is 0 Å². The summed E-state index contributed by atoms with van der Waals surface area (Å²) in [6.45, 7) is 0. The molecule has 19 heavy (non-hydrogen) atoms. The molecule has 0 aromatic heterocycles. The predicted molar refractivity (Wildman–Crippen MR) is 72.6 cm³/mol. The zero-order valence-corrected chi connectivity index (χ0v) is 10.2. The van der Waals surface area contributed by atoms with E-state index in [1.807, 2.05) is 24.3 Å². The van der Waals surface area contributed by atoms with E-state index in [4.69, 9.17) is 0 Å². The minimum atomic E-state index is -0.361. The van der Waals surface area contributed by atoms with Crippen LogP contribution < -0.4 is 10.6 Å². The molecule has 0 fully saturated rings. The van der Waals surface area contributed by atoms with E-state index in [0.29, 0.717) is 12.1 Å². The van der Waals surface area contributed by atoms with Crippen molar-refractivity contribution in [1.29, 1.82) is 0 Å².